The van der Waals surface area contributed by atoms with Gasteiger partial charge in [-0.15, -0.1) is 0 Å². The van der Waals surface area contributed by atoms with Gasteiger partial charge in [0.05, 0.1) is 16.8 Å². The van der Waals surface area contributed by atoms with Gasteiger partial charge in [-0.3, -0.25) is 4.79 Å². The molecule has 0 fully saturated rings. The highest BCUT2D eigenvalue weighted by atomic mass is 35.5. The molecule has 4 rings (SSSR count). The molecule has 1 aliphatic rings. The lowest BCUT2D eigenvalue weighted by atomic mass is 10.2. The van der Waals surface area contributed by atoms with Crippen LogP contribution in [0.25, 0.3) is 11.3 Å². The predicted octanol–water partition coefficient (Wildman–Crippen LogP) is 3.78. The molecule has 156 valence electrons. The maximum absolute atomic E-state index is 13.9. The van der Waals surface area contributed by atoms with Crippen LogP contribution in [0, 0.1) is 11.6 Å². The van der Waals surface area contributed by atoms with E-state index in [9.17, 15) is 13.6 Å². The third kappa shape index (κ3) is 3.88. The van der Waals surface area contributed by atoms with Gasteiger partial charge in [0, 0.05) is 30.5 Å². The SMILES string of the molecule is C[C@@H](N)C(=O)N1CCn2cc(-c3ccc(F)cc3)nc2C1Nc1ccc(Cl)c(F)c1. The zero-order valence-corrected chi connectivity index (χ0v) is 16.9. The molecule has 0 bridgehead atoms. The molecular weight excluding hydrogens is 412 g/mol. The molecule has 6 nitrogen and oxygen atoms in total. The number of hydrogen-bond donors (Lipinski definition) is 2. The highest BCUT2D eigenvalue weighted by Gasteiger charge is 2.34. The second-order valence-corrected chi connectivity index (χ2v) is 7.59. The number of nitrogens with one attached hydrogen (secondary N) is 1. The van der Waals surface area contributed by atoms with Gasteiger partial charge in [0.25, 0.3) is 0 Å². The number of rotatable bonds is 4. The lowest BCUT2D eigenvalue weighted by Crippen LogP contribution is -2.50. The number of halogens is 3. The molecule has 1 amide bonds. The first-order valence-corrected chi connectivity index (χ1v) is 9.82. The molecule has 2 aromatic carbocycles. The number of fused-ring (bicyclic) bond motifs is 1. The molecule has 0 saturated carbocycles. The van der Waals surface area contributed by atoms with Crippen molar-refractivity contribution in [3.8, 4) is 11.3 Å². The first-order chi connectivity index (χ1) is 14.3. The number of carbonyl (C=O) groups excluding carboxylic acids is 1. The van der Waals surface area contributed by atoms with E-state index in [1.54, 1.807) is 30.0 Å². The summed E-state index contributed by atoms with van der Waals surface area (Å²) in [7, 11) is 0. The topological polar surface area (TPSA) is 76.2 Å². The van der Waals surface area contributed by atoms with Crippen molar-refractivity contribution < 1.29 is 13.6 Å². The largest absolute Gasteiger partial charge is 0.359 e. The van der Waals surface area contributed by atoms with E-state index in [0.29, 0.717) is 30.3 Å². The predicted molar refractivity (Wildman–Crippen MR) is 111 cm³/mol. The molecule has 0 aliphatic carbocycles. The summed E-state index contributed by atoms with van der Waals surface area (Å²) in [6, 6.07) is 9.65. The van der Waals surface area contributed by atoms with Crippen molar-refractivity contribution in [3.05, 3.63) is 71.1 Å². The van der Waals surface area contributed by atoms with Gasteiger partial charge in [-0.25, -0.2) is 13.8 Å². The van der Waals surface area contributed by atoms with Crippen molar-refractivity contribution in [2.45, 2.75) is 25.7 Å². The Kier molecular flexibility index (Phi) is 5.44. The van der Waals surface area contributed by atoms with Gasteiger partial charge in [0.1, 0.15) is 11.6 Å². The summed E-state index contributed by atoms with van der Waals surface area (Å²) in [6.07, 6.45) is 1.19. The van der Waals surface area contributed by atoms with Crippen LogP contribution in [0.4, 0.5) is 14.5 Å². The number of hydrogen-bond acceptors (Lipinski definition) is 4. The second kappa shape index (κ2) is 8.04. The second-order valence-electron chi connectivity index (χ2n) is 7.18. The Bertz CT molecular complexity index is 1080. The van der Waals surface area contributed by atoms with E-state index in [1.807, 2.05) is 10.8 Å². The summed E-state index contributed by atoms with van der Waals surface area (Å²) < 4.78 is 29.2. The van der Waals surface area contributed by atoms with E-state index in [4.69, 9.17) is 17.3 Å². The van der Waals surface area contributed by atoms with Crippen LogP contribution in [0.15, 0.2) is 48.7 Å². The third-order valence-corrected chi connectivity index (χ3v) is 5.29. The first-order valence-electron chi connectivity index (χ1n) is 9.44. The highest BCUT2D eigenvalue weighted by Crippen LogP contribution is 2.31. The Labute approximate surface area is 177 Å². The summed E-state index contributed by atoms with van der Waals surface area (Å²) in [5, 5.41) is 3.18. The van der Waals surface area contributed by atoms with Crippen LogP contribution in [0.2, 0.25) is 5.02 Å². The maximum atomic E-state index is 13.9. The lowest BCUT2D eigenvalue weighted by Gasteiger charge is -2.37. The molecule has 2 heterocycles. The number of aromatic nitrogens is 2. The minimum absolute atomic E-state index is 0.00723. The number of nitrogens with zero attached hydrogens (tertiary/aromatic N) is 3. The number of nitrogens with two attached hydrogens (primary N) is 1. The molecule has 0 spiro atoms. The Balaban J connectivity index is 1.73. The van der Waals surface area contributed by atoms with Crippen molar-refractivity contribution in [1.82, 2.24) is 14.5 Å². The van der Waals surface area contributed by atoms with Gasteiger partial charge >= 0.3 is 0 Å². The van der Waals surface area contributed by atoms with Crippen molar-refractivity contribution >= 4 is 23.2 Å². The van der Waals surface area contributed by atoms with Crippen LogP contribution in [-0.2, 0) is 11.3 Å². The van der Waals surface area contributed by atoms with Crippen molar-refractivity contribution in [1.29, 1.82) is 0 Å². The number of anilines is 1. The quantitative estimate of drug-likeness (QED) is 0.659. The van der Waals surface area contributed by atoms with E-state index in [-0.39, 0.29) is 16.7 Å². The van der Waals surface area contributed by atoms with Crippen molar-refractivity contribution in [2.24, 2.45) is 5.73 Å². The summed E-state index contributed by atoms with van der Waals surface area (Å²) in [6.45, 7) is 2.54. The van der Waals surface area contributed by atoms with E-state index >= 15 is 0 Å². The van der Waals surface area contributed by atoms with E-state index in [1.165, 1.54) is 24.3 Å². The zero-order valence-electron chi connectivity index (χ0n) is 16.1. The molecular formula is C21H20ClF2N5O. The molecule has 3 aromatic rings. The average Bonchev–Trinajstić information content (AvgIpc) is 3.15. The number of benzene rings is 2. The fourth-order valence-corrected chi connectivity index (χ4v) is 3.57. The van der Waals surface area contributed by atoms with Gasteiger partial charge in [0.2, 0.25) is 5.91 Å². The lowest BCUT2D eigenvalue weighted by molar-refractivity contribution is -0.135. The first kappa shape index (κ1) is 20.3. The van der Waals surface area contributed by atoms with Crippen LogP contribution >= 0.6 is 11.6 Å². The third-order valence-electron chi connectivity index (χ3n) is 4.98. The number of carbonyl (C=O) groups is 1. The minimum Gasteiger partial charge on any atom is -0.359 e. The number of amides is 1. The molecule has 2 atom stereocenters. The van der Waals surface area contributed by atoms with Gasteiger partial charge < -0.3 is 20.5 Å². The monoisotopic (exact) mass is 431 g/mol. The zero-order chi connectivity index (χ0) is 21.4. The normalized spacial score (nSPS) is 16.8. The Morgan fingerprint density at radius 1 is 1.23 bits per heavy atom. The Morgan fingerprint density at radius 3 is 2.63 bits per heavy atom. The van der Waals surface area contributed by atoms with Crippen LogP contribution in [0.5, 0.6) is 0 Å². The summed E-state index contributed by atoms with van der Waals surface area (Å²) in [4.78, 5) is 19.0. The fraction of sp³-hybridized carbons (Fsp3) is 0.238. The molecule has 0 saturated heterocycles. The number of imidazole rings is 1. The van der Waals surface area contributed by atoms with Crippen LogP contribution < -0.4 is 11.1 Å². The van der Waals surface area contributed by atoms with E-state index < -0.39 is 18.0 Å². The molecule has 30 heavy (non-hydrogen) atoms. The van der Waals surface area contributed by atoms with Gasteiger partial charge in [0.15, 0.2) is 12.0 Å². The van der Waals surface area contributed by atoms with Crippen molar-refractivity contribution in [3.63, 3.8) is 0 Å². The van der Waals surface area contributed by atoms with E-state index in [2.05, 4.69) is 10.3 Å². The summed E-state index contributed by atoms with van der Waals surface area (Å²) in [5.41, 5.74) is 7.68. The molecule has 1 unspecified atom stereocenters. The maximum Gasteiger partial charge on any atom is 0.241 e. The molecule has 1 aliphatic heterocycles. The highest BCUT2D eigenvalue weighted by molar-refractivity contribution is 6.30. The average molecular weight is 432 g/mol. The molecule has 9 heteroatoms. The molecule has 0 radical (unpaired) electrons. The molecule has 3 N–H and O–H groups in total. The standard InChI is InChI=1S/C21H20ClF2N5O/c1-12(25)21(30)29-9-8-28-11-18(13-2-4-14(23)5-3-13)27-19(28)20(29)26-15-6-7-16(22)17(24)10-15/h2-7,10-12,20,26H,8-9,25H2,1H3/t12-,20?/m1/s1. The minimum atomic E-state index is -0.700. The summed E-state index contributed by atoms with van der Waals surface area (Å²) in [5.74, 6) is -0.580. The molecule has 1 aromatic heterocycles. The smallest absolute Gasteiger partial charge is 0.241 e. The van der Waals surface area contributed by atoms with Crippen LogP contribution in [0.1, 0.15) is 18.9 Å². The van der Waals surface area contributed by atoms with Crippen LogP contribution in [0.3, 0.4) is 0 Å². The Hall–Kier alpha value is -2.97. The van der Waals surface area contributed by atoms with Crippen LogP contribution in [-0.4, -0.2) is 32.9 Å². The van der Waals surface area contributed by atoms with Gasteiger partial charge in [-0.1, -0.05) is 11.6 Å². The van der Waals surface area contributed by atoms with Gasteiger partial charge in [-0.05, 0) is 49.4 Å². The van der Waals surface area contributed by atoms with E-state index in [0.717, 1.165) is 5.56 Å². The van der Waals surface area contributed by atoms with Crippen molar-refractivity contribution in [2.75, 3.05) is 11.9 Å². The summed E-state index contributed by atoms with van der Waals surface area (Å²) >= 11 is 5.78. The Morgan fingerprint density at radius 2 is 1.97 bits per heavy atom. The fourth-order valence-electron chi connectivity index (χ4n) is 3.46. The van der Waals surface area contributed by atoms with Gasteiger partial charge in [-0.2, -0.15) is 0 Å².